The van der Waals surface area contributed by atoms with E-state index in [1.54, 1.807) is 24.3 Å². The van der Waals surface area contributed by atoms with E-state index in [0.29, 0.717) is 0 Å². The van der Waals surface area contributed by atoms with Crippen LogP contribution < -0.4 is 0 Å². The third kappa shape index (κ3) is 4.35. The van der Waals surface area contributed by atoms with Gasteiger partial charge in [-0.1, -0.05) is 48.5 Å². The molecule has 0 saturated carbocycles. The second kappa shape index (κ2) is 8.99. The molecular formula is C30H26O4. The summed E-state index contributed by atoms with van der Waals surface area (Å²) in [6.07, 6.45) is 0. The molecule has 0 amide bonds. The fraction of sp³-hybridized carbons (Fsp3) is 0.133. The second-order valence-electron chi connectivity index (χ2n) is 8.73. The van der Waals surface area contributed by atoms with Gasteiger partial charge in [0, 0.05) is 0 Å². The van der Waals surface area contributed by atoms with E-state index in [4.69, 9.17) is 10.2 Å². The monoisotopic (exact) mass is 450 g/mol. The standard InChI is InChI=1S/C30H26O4/c1-17-15-27(19(3)13-25(17)21-5-9-23(10-6-21)29(31)32)28-16-18(2)26(14-20(28)4)22-7-11-24(12-8-22)30(33)34/h5-16H,1-4H3,(H,31,32)(H,33,34). The lowest BCUT2D eigenvalue weighted by atomic mass is 9.87. The Kier molecular flexibility index (Phi) is 6.08. The van der Waals surface area contributed by atoms with Gasteiger partial charge in [-0.05, 0) is 108 Å². The first-order valence-electron chi connectivity index (χ1n) is 11.1. The Hall–Kier alpha value is -4.18. The second-order valence-corrected chi connectivity index (χ2v) is 8.73. The number of aromatic carboxylic acids is 2. The van der Waals surface area contributed by atoms with Gasteiger partial charge in [-0.2, -0.15) is 0 Å². The smallest absolute Gasteiger partial charge is 0.335 e. The van der Waals surface area contributed by atoms with Crippen molar-refractivity contribution in [1.82, 2.24) is 0 Å². The predicted molar refractivity (Wildman–Crippen MR) is 136 cm³/mol. The van der Waals surface area contributed by atoms with Crippen LogP contribution in [0.3, 0.4) is 0 Å². The normalized spacial score (nSPS) is 10.8. The molecule has 0 bridgehead atoms. The predicted octanol–water partition coefficient (Wildman–Crippen LogP) is 7.32. The van der Waals surface area contributed by atoms with Crippen molar-refractivity contribution in [3.05, 3.63) is 106 Å². The van der Waals surface area contributed by atoms with Gasteiger partial charge in [-0.3, -0.25) is 0 Å². The summed E-state index contributed by atoms with van der Waals surface area (Å²) in [5, 5.41) is 18.3. The first-order valence-corrected chi connectivity index (χ1v) is 11.1. The summed E-state index contributed by atoms with van der Waals surface area (Å²) in [4.78, 5) is 22.3. The molecule has 0 aromatic heterocycles. The van der Waals surface area contributed by atoms with Crippen LogP contribution >= 0.6 is 0 Å². The Morgan fingerprint density at radius 1 is 0.471 bits per heavy atom. The summed E-state index contributed by atoms with van der Waals surface area (Å²) in [6, 6.07) is 22.7. The third-order valence-corrected chi connectivity index (χ3v) is 6.32. The molecule has 0 heterocycles. The largest absolute Gasteiger partial charge is 0.478 e. The van der Waals surface area contributed by atoms with Gasteiger partial charge in [0.2, 0.25) is 0 Å². The van der Waals surface area contributed by atoms with E-state index in [-0.39, 0.29) is 11.1 Å². The number of carboxylic acids is 2. The number of hydrogen-bond acceptors (Lipinski definition) is 2. The van der Waals surface area contributed by atoms with Gasteiger partial charge in [0.25, 0.3) is 0 Å². The van der Waals surface area contributed by atoms with Crippen LogP contribution in [0.1, 0.15) is 43.0 Å². The Morgan fingerprint density at radius 3 is 1.03 bits per heavy atom. The van der Waals surface area contributed by atoms with E-state index < -0.39 is 11.9 Å². The van der Waals surface area contributed by atoms with E-state index >= 15 is 0 Å². The fourth-order valence-corrected chi connectivity index (χ4v) is 4.42. The van der Waals surface area contributed by atoms with Gasteiger partial charge < -0.3 is 10.2 Å². The maximum atomic E-state index is 11.2. The molecule has 4 aromatic carbocycles. The minimum absolute atomic E-state index is 0.276. The van der Waals surface area contributed by atoms with Crippen LogP contribution in [0.25, 0.3) is 33.4 Å². The molecule has 170 valence electrons. The molecule has 34 heavy (non-hydrogen) atoms. The average Bonchev–Trinajstić information content (AvgIpc) is 2.81. The SMILES string of the molecule is Cc1cc(-c2cc(C)c(-c3ccc(C(=O)O)cc3)cc2C)c(C)cc1-c1ccc(C(=O)O)cc1. The van der Waals surface area contributed by atoms with Crippen LogP contribution in [0.15, 0.2) is 72.8 Å². The average molecular weight is 451 g/mol. The summed E-state index contributed by atoms with van der Waals surface area (Å²) in [5.74, 6) is -1.86. The molecule has 4 heteroatoms. The minimum Gasteiger partial charge on any atom is -0.478 e. The lowest BCUT2D eigenvalue weighted by molar-refractivity contribution is 0.0686. The highest BCUT2D eigenvalue weighted by atomic mass is 16.4. The zero-order valence-corrected chi connectivity index (χ0v) is 19.6. The number of hydrogen-bond donors (Lipinski definition) is 2. The quantitative estimate of drug-likeness (QED) is 0.334. The lowest BCUT2D eigenvalue weighted by Gasteiger charge is -2.17. The molecule has 0 saturated heterocycles. The Bertz CT molecular complexity index is 1300. The molecule has 0 aliphatic carbocycles. The molecule has 4 rings (SSSR count). The lowest BCUT2D eigenvalue weighted by Crippen LogP contribution is -1.97. The van der Waals surface area contributed by atoms with Crippen molar-refractivity contribution in [3.8, 4) is 33.4 Å². The number of carboxylic acid groups (broad SMARTS) is 2. The van der Waals surface area contributed by atoms with Crippen LogP contribution in [0.4, 0.5) is 0 Å². The number of aryl methyl sites for hydroxylation is 4. The minimum atomic E-state index is -0.929. The van der Waals surface area contributed by atoms with Crippen LogP contribution in [0.2, 0.25) is 0 Å². The Balaban J connectivity index is 1.73. The molecule has 2 N–H and O–H groups in total. The number of rotatable bonds is 5. The molecular weight excluding hydrogens is 424 g/mol. The van der Waals surface area contributed by atoms with Crippen LogP contribution in [0.5, 0.6) is 0 Å². The van der Waals surface area contributed by atoms with Crippen LogP contribution in [-0.2, 0) is 0 Å². The van der Waals surface area contributed by atoms with E-state index in [1.165, 1.54) is 0 Å². The van der Waals surface area contributed by atoms with Gasteiger partial charge in [-0.15, -0.1) is 0 Å². The number of benzene rings is 4. The molecule has 0 aliphatic rings. The highest BCUT2D eigenvalue weighted by molar-refractivity contribution is 5.89. The first kappa shape index (κ1) is 23.0. The van der Waals surface area contributed by atoms with Gasteiger partial charge in [0.1, 0.15) is 0 Å². The first-order chi connectivity index (χ1) is 16.2. The highest BCUT2D eigenvalue weighted by Crippen LogP contribution is 2.36. The highest BCUT2D eigenvalue weighted by Gasteiger charge is 2.14. The van der Waals surface area contributed by atoms with Gasteiger partial charge in [-0.25, -0.2) is 9.59 Å². The zero-order chi connectivity index (χ0) is 24.6. The van der Waals surface area contributed by atoms with E-state index in [2.05, 4.69) is 52.0 Å². The maximum Gasteiger partial charge on any atom is 0.335 e. The Labute approximate surface area is 199 Å². The summed E-state index contributed by atoms with van der Waals surface area (Å²) >= 11 is 0. The fourth-order valence-electron chi connectivity index (χ4n) is 4.42. The summed E-state index contributed by atoms with van der Waals surface area (Å²) in [6.45, 7) is 8.34. The van der Waals surface area contributed by atoms with Crippen LogP contribution in [-0.4, -0.2) is 22.2 Å². The molecule has 0 fully saturated rings. The molecule has 4 aromatic rings. The van der Waals surface area contributed by atoms with E-state index in [1.807, 2.05) is 24.3 Å². The van der Waals surface area contributed by atoms with Crippen molar-refractivity contribution in [2.75, 3.05) is 0 Å². The molecule has 0 spiro atoms. The van der Waals surface area contributed by atoms with Crippen molar-refractivity contribution in [2.45, 2.75) is 27.7 Å². The zero-order valence-electron chi connectivity index (χ0n) is 19.6. The van der Waals surface area contributed by atoms with Crippen molar-refractivity contribution < 1.29 is 19.8 Å². The Morgan fingerprint density at radius 2 is 0.735 bits per heavy atom. The topological polar surface area (TPSA) is 74.6 Å². The molecule has 0 aliphatic heterocycles. The molecule has 0 unspecified atom stereocenters. The van der Waals surface area contributed by atoms with Crippen molar-refractivity contribution in [3.63, 3.8) is 0 Å². The van der Waals surface area contributed by atoms with Crippen molar-refractivity contribution >= 4 is 11.9 Å². The van der Waals surface area contributed by atoms with Gasteiger partial charge in [0.15, 0.2) is 0 Å². The molecule has 0 atom stereocenters. The molecule has 0 radical (unpaired) electrons. The number of carbonyl (C=O) groups is 2. The maximum absolute atomic E-state index is 11.2. The third-order valence-electron chi connectivity index (χ3n) is 6.32. The van der Waals surface area contributed by atoms with Crippen molar-refractivity contribution in [2.24, 2.45) is 0 Å². The summed E-state index contributed by atoms with van der Waals surface area (Å²) in [5.41, 5.74) is 11.6. The summed E-state index contributed by atoms with van der Waals surface area (Å²) in [7, 11) is 0. The molecule has 4 nitrogen and oxygen atoms in total. The van der Waals surface area contributed by atoms with Gasteiger partial charge in [0.05, 0.1) is 11.1 Å². The van der Waals surface area contributed by atoms with E-state index in [0.717, 1.165) is 55.6 Å². The van der Waals surface area contributed by atoms with Crippen LogP contribution in [0, 0.1) is 27.7 Å². The van der Waals surface area contributed by atoms with Gasteiger partial charge >= 0.3 is 11.9 Å². The van der Waals surface area contributed by atoms with Crippen molar-refractivity contribution in [1.29, 1.82) is 0 Å². The van der Waals surface area contributed by atoms with E-state index in [9.17, 15) is 9.59 Å². The summed E-state index contributed by atoms with van der Waals surface area (Å²) < 4.78 is 0.